The van der Waals surface area contributed by atoms with E-state index in [4.69, 9.17) is 0 Å². The highest BCUT2D eigenvalue weighted by Gasteiger charge is 2.11. The predicted molar refractivity (Wildman–Crippen MR) is 108 cm³/mol. The van der Waals surface area contributed by atoms with Crippen molar-refractivity contribution in [3.05, 3.63) is 71.5 Å². The number of aromatic nitrogens is 2. The number of nitrogens with zero attached hydrogens (tertiary/aromatic N) is 2. The first-order valence-electron chi connectivity index (χ1n) is 8.40. The van der Waals surface area contributed by atoms with Gasteiger partial charge in [-0.25, -0.2) is 4.39 Å². The SMILES string of the molecule is O=C(CSc1nnc(NC(=O)Cc2ccccc2)s1)NCc1ccc(F)cc1. The van der Waals surface area contributed by atoms with Crippen LogP contribution in [0.3, 0.4) is 0 Å². The summed E-state index contributed by atoms with van der Waals surface area (Å²) in [5.74, 6) is -0.475. The van der Waals surface area contributed by atoms with E-state index in [-0.39, 0.29) is 29.8 Å². The number of rotatable bonds is 8. The van der Waals surface area contributed by atoms with Crippen molar-refractivity contribution in [1.29, 1.82) is 0 Å². The maximum Gasteiger partial charge on any atom is 0.230 e. The average Bonchev–Trinajstić information content (AvgIpc) is 3.14. The predicted octanol–water partition coefficient (Wildman–Crippen LogP) is 3.27. The number of benzene rings is 2. The molecular formula is C19H17FN4O2S2. The third-order valence-electron chi connectivity index (χ3n) is 3.59. The van der Waals surface area contributed by atoms with Gasteiger partial charge in [-0.15, -0.1) is 10.2 Å². The van der Waals surface area contributed by atoms with Gasteiger partial charge in [-0.1, -0.05) is 65.6 Å². The largest absolute Gasteiger partial charge is 0.351 e. The van der Waals surface area contributed by atoms with E-state index < -0.39 is 0 Å². The van der Waals surface area contributed by atoms with Crippen LogP contribution < -0.4 is 10.6 Å². The molecule has 28 heavy (non-hydrogen) atoms. The highest BCUT2D eigenvalue weighted by Crippen LogP contribution is 2.25. The summed E-state index contributed by atoms with van der Waals surface area (Å²) in [6.45, 7) is 0.330. The Morgan fingerprint density at radius 3 is 2.46 bits per heavy atom. The molecule has 3 aromatic rings. The molecule has 2 aromatic carbocycles. The monoisotopic (exact) mass is 416 g/mol. The van der Waals surface area contributed by atoms with Gasteiger partial charge in [-0.2, -0.15) is 0 Å². The molecule has 0 aliphatic heterocycles. The highest BCUT2D eigenvalue weighted by molar-refractivity contribution is 8.01. The molecule has 6 nitrogen and oxygen atoms in total. The van der Waals surface area contributed by atoms with Gasteiger partial charge in [0, 0.05) is 6.54 Å². The maximum absolute atomic E-state index is 12.9. The van der Waals surface area contributed by atoms with Gasteiger partial charge in [0.05, 0.1) is 12.2 Å². The van der Waals surface area contributed by atoms with E-state index in [9.17, 15) is 14.0 Å². The van der Waals surface area contributed by atoms with Gasteiger partial charge in [-0.05, 0) is 23.3 Å². The van der Waals surface area contributed by atoms with E-state index in [0.717, 1.165) is 11.1 Å². The van der Waals surface area contributed by atoms with Crippen molar-refractivity contribution in [2.24, 2.45) is 0 Å². The highest BCUT2D eigenvalue weighted by atomic mass is 32.2. The fourth-order valence-corrected chi connectivity index (χ4v) is 3.84. The van der Waals surface area contributed by atoms with Crippen molar-refractivity contribution in [3.63, 3.8) is 0 Å². The van der Waals surface area contributed by atoms with Crippen molar-refractivity contribution >= 4 is 40.0 Å². The second kappa shape index (κ2) is 9.95. The fourth-order valence-electron chi connectivity index (χ4n) is 2.24. The van der Waals surface area contributed by atoms with Crippen LogP contribution in [-0.4, -0.2) is 27.8 Å². The molecule has 0 aliphatic carbocycles. The third-order valence-corrected chi connectivity index (χ3v) is 5.56. The number of amides is 2. The first kappa shape index (κ1) is 20.0. The third kappa shape index (κ3) is 6.43. The zero-order chi connectivity index (χ0) is 19.8. The lowest BCUT2D eigenvalue weighted by Gasteiger charge is -2.04. The molecule has 0 bridgehead atoms. The molecule has 3 rings (SSSR count). The van der Waals surface area contributed by atoms with Gasteiger partial charge >= 0.3 is 0 Å². The molecule has 0 aliphatic rings. The van der Waals surface area contributed by atoms with Crippen LogP contribution in [0, 0.1) is 5.82 Å². The zero-order valence-corrected chi connectivity index (χ0v) is 16.4. The molecule has 2 amide bonds. The molecule has 0 radical (unpaired) electrons. The van der Waals surface area contributed by atoms with E-state index in [1.807, 2.05) is 30.3 Å². The molecule has 1 heterocycles. The lowest BCUT2D eigenvalue weighted by atomic mass is 10.1. The molecule has 2 N–H and O–H groups in total. The van der Waals surface area contributed by atoms with E-state index in [0.29, 0.717) is 16.0 Å². The molecule has 0 saturated carbocycles. The minimum Gasteiger partial charge on any atom is -0.351 e. The topological polar surface area (TPSA) is 84.0 Å². The Bertz CT molecular complexity index is 933. The van der Waals surface area contributed by atoms with Crippen molar-refractivity contribution < 1.29 is 14.0 Å². The number of hydrogen-bond donors (Lipinski definition) is 2. The van der Waals surface area contributed by atoms with E-state index in [2.05, 4.69) is 20.8 Å². The van der Waals surface area contributed by atoms with Crippen LogP contribution in [-0.2, 0) is 22.6 Å². The van der Waals surface area contributed by atoms with E-state index >= 15 is 0 Å². The Morgan fingerprint density at radius 1 is 0.964 bits per heavy atom. The molecule has 9 heteroatoms. The normalized spacial score (nSPS) is 10.5. The molecule has 144 valence electrons. The van der Waals surface area contributed by atoms with Gasteiger partial charge in [0.2, 0.25) is 16.9 Å². The summed E-state index contributed by atoms with van der Waals surface area (Å²) in [4.78, 5) is 24.0. The Balaban J connectivity index is 1.40. The zero-order valence-electron chi connectivity index (χ0n) is 14.7. The van der Waals surface area contributed by atoms with Crippen LogP contribution in [0.15, 0.2) is 58.9 Å². The fraction of sp³-hybridized carbons (Fsp3) is 0.158. The smallest absolute Gasteiger partial charge is 0.230 e. The molecule has 0 saturated heterocycles. The van der Waals surface area contributed by atoms with Crippen molar-refractivity contribution in [3.8, 4) is 0 Å². The van der Waals surface area contributed by atoms with Gasteiger partial charge in [0.25, 0.3) is 0 Å². The van der Waals surface area contributed by atoms with Crippen molar-refractivity contribution in [2.45, 2.75) is 17.3 Å². The van der Waals surface area contributed by atoms with Crippen LogP contribution in [0.4, 0.5) is 9.52 Å². The summed E-state index contributed by atoms with van der Waals surface area (Å²) < 4.78 is 13.4. The second-order valence-electron chi connectivity index (χ2n) is 5.78. The first-order chi connectivity index (χ1) is 13.6. The summed E-state index contributed by atoms with van der Waals surface area (Å²) in [6, 6.07) is 15.4. The van der Waals surface area contributed by atoms with Gasteiger partial charge in [0.1, 0.15) is 5.82 Å². The Hall–Kier alpha value is -2.78. The first-order valence-corrected chi connectivity index (χ1v) is 10.2. The number of anilines is 1. The van der Waals surface area contributed by atoms with Crippen LogP contribution in [0.5, 0.6) is 0 Å². The average molecular weight is 417 g/mol. The summed E-state index contributed by atoms with van der Waals surface area (Å²) >= 11 is 2.46. The number of hydrogen-bond acceptors (Lipinski definition) is 6. The summed E-state index contributed by atoms with van der Waals surface area (Å²) in [5, 5.41) is 13.8. The van der Waals surface area contributed by atoms with Crippen LogP contribution in [0.25, 0.3) is 0 Å². The molecule has 1 aromatic heterocycles. The minimum atomic E-state index is -0.312. The number of carbonyl (C=O) groups is 2. The Kier molecular flexibility index (Phi) is 7.10. The van der Waals surface area contributed by atoms with Crippen molar-refractivity contribution in [2.75, 3.05) is 11.1 Å². The summed E-state index contributed by atoms with van der Waals surface area (Å²) in [6.07, 6.45) is 0.259. The van der Waals surface area contributed by atoms with Crippen LogP contribution in [0.2, 0.25) is 0 Å². The van der Waals surface area contributed by atoms with Gasteiger partial charge in [0.15, 0.2) is 4.34 Å². The summed E-state index contributed by atoms with van der Waals surface area (Å²) in [5.41, 5.74) is 1.73. The number of carbonyl (C=O) groups excluding carboxylic acids is 2. The van der Waals surface area contributed by atoms with Crippen LogP contribution in [0.1, 0.15) is 11.1 Å². The number of thioether (sulfide) groups is 1. The molecule has 0 unspecified atom stereocenters. The summed E-state index contributed by atoms with van der Waals surface area (Å²) in [7, 11) is 0. The molecular weight excluding hydrogens is 399 g/mol. The second-order valence-corrected chi connectivity index (χ2v) is 7.98. The molecule has 0 spiro atoms. The maximum atomic E-state index is 12.9. The number of nitrogens with one attached hydrogen (secondary N) is 2. The van der Waals surface area contributed by atoms with Crippen molar-refractivity contribution in [1.82, 2.24) is 15.5 Å². The lowest BCUT2D eigenvalue weighted by Crippen LogP contribution is -2.24. The minimum absolute atomic E-state index is 0.167. The molecule has 0 fully saturated rings. The van der Waals surface area contributed by atoms with Gasteiger partial charge < -0.3 is 10.6 Å². The number of halogens is 1. The van der Waals surface area contributed by atoms with Crippen LogP contribution >= 0.6 is 23.1 Å². The van der Waals surface area contributed by atoms with E-state index in [1.165, 1.54) is 35.2 Å². The Morgan fingerprint density at radius 2 is 1.71 bits per heavy atom. The molecule has 0 atom stereocenters. The lowest BCUT2D eigenvalue weighted by molar-refractivity contribution is -0.118. The Labute approximate surface area is 169 Å². The van der Waals surface area contributed by atoms with E-state index in [1.54, 1.807) is 12.1 Å². The quantitative estimate of drug-likeness (QED) is 0.435. The standard InChI is InChI=1S/C19H17FN4O2S2/c20-15-8-6-14(7-9-15)11-21-17(26)12-27-19-24-23-18(28-19)22-16(25)10-13-4-2-1-3-5-13/h1-9H,10-12H2,(H,21,26)(H,22,23,25). The van der Waals surface area contributed by atoms with Gasteiger partial charge in [-0.3, -0.25) is 9.59 Å².